The van der Waals surface area contributed by atoms with Crippen molar-refractivity contribution in [3.05, 3.63) is 54.0 Å². The van der Waals surface area contributed by atoms with Gasteiger partial charge in [0.25, 0.3) is 0 Å². The van der Waals surface area contributed by atoms with Crippen LogP contribution in [0.2, 0.25) is 0 Å². The van der Waals surface area contributed by atoms with E-state index in [2.05, 4.69) is 21.2 Å². The van der Waals surface area contributed by atoms with Crippen LogP contribution in [0.5, 0.6) is 5.75 Å². The van der Waals surface area contributed by atoms with E-state index in [1.54, 1.807) is 25.1 Å². The standard InChI is InChI=1S/C32H35N6O10P/c1-5-43-28(41)17(2)37-49(42,47-22-8-6-21(7-9-22)30-12-20(13-30)14-30)48-26-25-32(26,45-19(4)40)29(44-18(3)39)31(15-33,46-25)24-11-10-23-27(34)35-16-36-38(23)24/h6-11,16-17,20,25-26,29H,5,12-14H2,1-4H3,(H,37,42)(H2,34,35,36)/t17-,20?,25+,26?,29-,30?,31-,32-,49?/m0/s1. The summed E-state index contributed by atoms with van der Waals surface area (Å²) in [6.45, 7) is 5.34. The Hall–Kier alpha value is -4.55. The Kier molecular flexibility index (Phi) is 7.75. The number of carbonyl (C=O) groups is 3. The second-order valence-electron chi connectivity index (χ2n) is 13.0. The number of carbonyl (C=O) groups excluding carboxylic acids is 3. The van der Waals surface area contributed by atoms with Gasteiger partial charge < -0.3 is 29.2 Å². The summed E-state index contributed by atoms with van der Waals surface area (Å²) < 4.78 is 50.8. The molecule has 1 aliphatic heterocycles. The zero-order chi connectivity index (χ0) is 34.9. The second-order valence-corrected chi connectivity index (χ2v) is 14.6. The predicted molar refractivity (Wildman–Crippen MR) is 167 cm³/mol. The minimum atomic E-state index is -4.55. The molecule has 2 aromatic heterocycles. The van der Waals surface area contributed by atoms with E-state index >= 15 is 0 Å². The van der Waals surface area contributed by atoms with Gasteiger partial charge in [0.05, 0.1) is 12.3 Å². The van der Waals surface area contributed by atoms with E-state index in [0.717, 1.165) is 44.6 Å². The van der Waals surface area contributed by atoms with Gasteiger partial charge in [0.15, 0.2) is 11.9 Å². The number of anilines is 1. The molecule has 4 saturated carbocycles. The molecule has 1 aromatic carbocycles. The number of aromatic nitrogens is 3. The Morgan fingerprint density at radius 1 is 1.16 bits per heavy atom. The van der Waals surface area contributed by atoms with Crippen molar-refractivity contribution in [3.8, 4) is 11.8 Å². The minimum Gasteiger partial charge on any atom is -0.465 e. The van der Waals surface area contributed by atoms with Crippen LogP contribution >= 0.6 is 7.75 Å². The molecule has 5 fully saturated rings. The number of hydrogen-bond acceptors (Lipinski definition) is 14. The van der Waals surface area contributed by atoms with Crippen molar-refractivity contribution in [2.45, 2.75) is 87.9 Å². The van der Waals surface area contributed by atoms with Crippen molar-refractivity contribution in [1.29, 1.82) is 5.26 Å². The zero-order valence-electron chi connectivity index (χ0n) is 27.2. The number of nitrogens with two attached hydrogens (primary N) is 1. The number of ether oxygens (including phenoxy) is 4. The van der Waals surface area contributed by atoms with E-state index in [4.69, 9.17) is 33.7 Å². The van der Waals surface area contributed by atoms with Crippen LogP contribution in [0.3, 0.4) is 0 Å². The van der Waals surface area contributed by atoms with Gasteiger partial charge in [-0.3, -0.25) is 18.9 Å². The normalized spacial score (nSPS) is 32.3. The molecule has 0 amide bonds. The summed E-state index contributed by atoms with van der Waals surface area (Å²) in [6.07, 6.45) is 0.242. The molecule has 1 saturated heterocycles. The largest absolute Gasteiger partial charge is 0.465 e. The van der Waals surface area contributed by atoms with Crippen LogP contribution in [0.15, 0.2) is 42.7 Å². The number of esters is 3. The first-order valence-electron chi connectivity index (χ1n) is 15.9. The van der Waals surface area contributed by atoms with Gasteiger partial charge in [-0.1, -0.05) is 12.1 Å². The molecule has 16 nitrogen and oxygen atoms in total. The molecular formula is C32H35N6O10P. The van der Waals surface area contributed by atoms with Crippen molar-refractivity contribution in [1.82, 2.24) is 19.7 Å². The summed E-state index contributed by atoms with van der Waals surface area (Å²) in [5, 5.41) is 17.5. The molecule has 3 N–H and O–H groups in total. The minimum absolute atomic E-state index is 0.0698. The van der Waals surface area contributed by atoms with Crippen molar-refractivity contribution >= 4 is 37.0 Å². The molecular weight excluding hydrogens is 659 g/mol. The highest BCUT2D eigenvalue weighted by atomic mass is 31.2. The quantitative estimate of drug-likeness (QED) is 0.158. The van der Waals surface area contributed by atoms with E-state index in [1.165, 1.54) is 23.8 Å². The molecule has 7 atom stereocenters. The number of nitrogens with zero attached hydrogens (tertiary/aromatic N) is 4. The third-order valence-corrected chi connectivity index (χ3v) is 11.4. The van der Waals surface area contributed by atoms with Crippen molar-refractivity contribution < 1.29 is 46.9 Å². The fraction of sp³-hybridized carbons (Fsp3) is 0.500. The fourth-order valence-electron chi connectivity index (χ4n) is 7.45. The SMILES string of the molecule is CCOC(=O)[C@H](C)NP(=O)(Oc1ccc(C23CC(C2)C3)cc1)OC1[C@H]2O[C@@](C#N)(c3ccc4c(N)ncnn34)[C@H](OC(C)=O)[C@@]12OC(C)=O. The van der Waals surface area contributed by atoms with Gasteiger partial charge in [0.1, 0.15) is 41.9 Å². The monoisotopic (exact) mass is 694 g/mol. The highest BCUT2D eigenvalue weighted by Gasteiger charge is 2.88. The number of nitrogens with one attached hydrogen (secondary N) is 1. The van der Waals surface area contributed by atoms with Crippen LogP contribution in [0.1, 0.15) is 58.2 Å². The maximum atomic E-state index is 14.6. The Balaban J connectivity index is 1.24. The number of rotatable bonds is 12. The molecule has 8 rings (SSSR count). The molecule has 258 valence electrons. The Morgan fingerprint density at radius 3 is 2.47 bits per heavy atom. The zero-order valence-corrected chi connectivity index (χ0v) is 28.0. The smallest absolute Gasteiger partial charge is 0.459 e. The number of benzene rings is 1. The average Bonchev–Trinajstić information content (AvgIpc) is 3.26. The highest BCUT2D eigenvalue weighted by molar-refractivity contribution is 7.52. The van der Waals surface area contributed by atoms with Gasteiger partial charge in [-0.05, 0) is 74.3 Å². The predicted octanol–water partition coefficient (Wildman–Crippen LogP) is 2.84. The van der Waals surface area contributed by atoms with Crippen molar-refractivity contribution in [2.24, 2.45) is 5.92 Å². The Bertz CT molecular complexity index is 1930. The molecule has 49 heavy (non-hydrogen) atoms. The third kappa shape index (κ3) is 5.15. The molecule has 17 heteroatoms. The molecule has 2 unspecified atom stereocenters. The summed E-state index contributed by atoms with van der Waals surface area (Å²) in [4.78, 5) is 41.8. The van der Waals surface area contributed by atoms with Gasteiger partial charge in [0.2, 0.25) is 11.2 Å². The van der Waals surface area contributed by atoms with Gasteiger partial charge >= 0.3 is 25.7 Å². The number of fused-ring (bicyclic) bond motifs is 2. The van der Waals surface area contributed by atoms with Crippen molar-refractivity contribution in [2.75, 3.05) is 12.3 Å². The average molecular weight is 695 g/mol. The topological polar surface area (TPSA) is 216 Å². The van der Waals surface area contributed by atoms with E-state index in [1.807, 2.05) is 12.1 Å². The summed E-state index contributed by atoms with van der Waals surface area (Å²) in [6, 6.07) is 11.1. The lowest BCUT2D eigenvalue weighted by Crippen LogP contribution is -2.55. The molecule has 0 spiro atoms. The summed E-state index contributed by atoms with van der Waals surface area (Å²) in [7, 11) is -4.55. The maximum Gasteiger partial charge on any atom is 0.459 e. The van der Waals surface area contributed by atoms with Gasteiger partial charge in [0, 0.05) is 13.8 Å². The molecule has 2 bridgehead atoms. The van der Waals surface area contributed by atoms with E-state index in [9.17, 15) is 24.2 Å². The van der Waals surface area contributed by atoms with Crippen LogP contribution in [0, 0.1) is 17.2 Å². The van der Waals surface area contributed by atoms with E-state index < -0.39 is 61.2 Å². The van der Waals surface area contributed by atoms with Crippen LogP contribution in [-0.2, 0) is 53.4 Å². The molecule has 5 aliphatic rings. The van der Waals surface area contributed by atoms with E-state index in [-0.39, 0.29) is 29.3 Å². The molecule has 3 heterocycles. The van der Waals surface area contributed by atoms with Crippen LogP contribution < -0.4 is 15.3 Å². The highest BCUT2D eigenvalue weighted by Crippen LogP contribution is 2.67. The maximum absolute atomic E-state index is 14.6. The van der Waals surface area contributed by atoms with Gasteiger partial charge in [-0.25, -0.2) is 14.1 Å². The lowest BCUT2D eigenvalue weighted by Gasteiger charge is -2.62. The van der Waals surface area contributed by atoms with Gasteiger partial charge in [-0.15, -0.1) is 0 Å². The first kappa shape index (κ1) is 33.0. The van der Waals surface area contributed by atoms with E-state index in [0.29, 0.717) is 5.52 Å². The summed E-state index contributed by atoms with van der Waals surface area (Å²) >= 11 is 0. The summed E-state index contributed by atoms with van der Waals surface area (Å²) in [5.41, 5.74) is 3.71. The second kappa shape index (κ2) is 11.5. The number of hydrogen-bond donors (Lipinski definition) is 2. The fourth-order valence-corrected chi connectivity index (χ4v) is 9.16. The lowest BCUT2D eigenvalue weighted by atomic mass is 9.42. The Labute approximate surface area is 280 Å². The van der Waals surface area contributed by atoms with Gasteiger partial charge in [-0.2, -0.15) is 15.4 Å². The van der Waals surface area contributed by atoms with Crippen molar-refractivity contribution in [3.63, 3.8) is 0 Å². The number of nitrogen functional groups attached to an aromatic ring is 1. The summed E-state index contributed by atoms with van der Waals surface area (Å²) in [5.74, 6) is -1.33. The molecule has 3 aromatic rings. The third-order valence-electron chi connectivity index (χ3n) is 9.75. The number of nitriles is 1. The van der Waals surface area contributed by atoms with Crippen LogP contribution in [0.4, 0.5) is 5.82 Å². The van der Waals surface area contributed by atoms with Crippen LogP contribution in [-0.4, -0.2) is 69.1 Å². The molecule has 4 aliphatic carbocycles. The first-order chi connectivity index (χ1) is 23.3. The lowest BCUT2D eigenvalue weighted by molar-refractivity contribution is -0.181. The van der Waals surface area contributed by atoms with Crippen LogP contribution in [0.25, 0.3) is 5.52 Å². The molecule has 0 radical (unpaired) electrons. The Morgan fingerprint density at radius 2 is 1.88 bits per heavy atom. The first-order valence-corrected chi connectivity index (χ1v) is 17.4.